The molecule has 1 fully saturated rings. The Morgan fingerprint density at radius 3 is 2.79 bits per heavy atom. The number of rotatable bonds is 3. The number of aliphatic hydroxyl groups excluding tert-OH is 1. The maximum atomic E-state index is 11.9. The van der Waals surface area contributed by atoms with Crippen LogP contribution in [0.5, 0.6) is 0 Å². The molecule has 104 valence electrons. The molecule has 5 heteroatoms. The number of nitrogens with zero attached hydrogens (tertiary/aromatic N) is 1. The van der Waals surface area contributed by atoms with E-state index in [1.54, 1.807) is 7.11 Å². The normalized spacial score (nSPS) is 23.2. The van der Waals surface area contributed by atoms with E-state index in [4.69, 9.17) is 9.47 Å². The van der Waals surface area contributed by atoms with Gasteiger partial charge in [-0.15, -0.1) is 0 Å². The molecule has 0 aliphatic carbocycles. The van der Waals surface area contributed by atoms with E-state index in [9.17, 15) is 9.90 Å². The van der Waals surface area contributed by atoms with E-state index in [-0.39, 0.29) is 19.3 Å². The van der Waals surface area contributed by atoms with E-state index in [0.29, 0.717) is 13.0 Å². The quantitative estimate of drug-likeness (QED) is 0.897. The molecule has 1 aliphatic heterocycles. The summed E-state index contributed by atoms with van der Waals surface area (Å²) >= 11 is 0. The van der Waals surface area contributed by atoms with Crippen molar-refractivity contribution < 1.29 is 19.4 Å². The topological polar surface area (TPSA) is 59.0 Å². The lowest BCUT2D eigenvalue weighted by Gasteiger charge is -2.34. The highest BCUT2D eigenvalue weighted by Crippen LogP contribution is 2.15. The predicted molar refractivity (Wildman–Crippen MR) is 69.6 cm³/mol. The zero-order chi connectivity index (χ0) is 13.7. The Kier molecular flexibility index (Phi) is 4.76. The van der Waals surface area contributed by atoms with Gasteiger partial charge in [0.05, 0.1) is 18.8 Å². The van der Waals surface area contributed by atoms with E-state index in [1.165, 1.54) is 4.90 Å². The van der Waals surface area contributed by atoms with Gasteiger partial charge in [-0.05, 0) is 12.0 Å². The SMILES string of the molecule is CO[C@@H]1CCN(C(=O)OCc2ccccc2)C[C@@H]1O. The van der Waals surface area contributed by atoms with Crippen molar-refractivity contribution in [1.82, 2.24) is 4.90 Å². The van der Waals surface area contributed by atoms with Crippen molar-refractivity contribution in [1.29, 1.82) is 0 Å². The fourth-order valence-corrected chi connectivity index (χ4v) is 2.16. The smallest absolute Gasteiger partial charge is 0.410 e. The minimum Gasteiger partial charge on any atom is -0.445 e. The minimum atomic E-state index is -0.650. The third kappa shape index (κ3) is 3.68. The summed E-state index contributed by atoms with van der Waals surface area (Å²) in [6, 6.07) is 9.52. The van der Waals surface area contributed by atoms with Crippen LogP contribution in [0.4, 0.5) is 4.79 Å². The average Bonchev–Trinajstić information content (AvgIpc) is 2.45. The molecule has 0 radical (unpaired) electrons. The predicted octanol–water partition coefficient (Wildman–Crippen LogP) is 1.40. The largest absolute Gasteiger partial charge is 0.445 e. The van der Waals surface area contributed by atoms with E-state index in [1.807, 2.05) is 30.3 Å². The second kappa shape index (κ2) is 6.54. The number of piperidine rings is 1. The number of methoxy groups -OCH3 is 1. The Bertz CT molecular complexity index is 409. The molecule has 1 aliphatic rings. The van der Waals surface area contributed by atoms with Crippen molar-refractivity contribution in [3.63, 3.8) is 0 Å². The van der Waals surface area contributed by atoms with E-state index >= 15 is 0 Å². The molecular formula is C14H19NO4. The van der Waals surface area contributed by atoms with Gasteiger partial charge in [0.15, 0.2) is 0 Å². The molecule has 1 N–H and O–H groups in total. The summed E-state index contributed by atoms with van der Waals surface area (Å²) in [4.78, 5) is 13.4. The van der Waals surface area contributed by atoms with Gasteiger partial charge in [0.25, 0.3) is 0 Å². The van der Waals surface area contributed by atoms with Crippen LogP contribution in [0.25, 0.3) is 0 Å². The standard InChI is InChI=1S/C14H19NO4/c1-18-13-7-8-15(9-12(13)16)14(17)19-10-11-5-3-2-4-6-11/h2-6,12-13,16H,7-10H2,1H3/t12-,13+/m0/s1. The number of β-amino-alcohol motifs (C(OH)–C–C–N with tert-alkyl or cyclic N) is 1. The third-order valence-electron chi connectivity index (χ3n) is 3.29. The second-order valence-electron chi connectivity index (χ2n) is 4.62. The van der Waals surface area contributed by atoms with Gasteiger partial charge in [-0.1, -0.05) is 30.3 Å². The van der Waals surface area contributed by atoms with E-state index < -0.39 is 12.2 Å². The fourth-order valence-electron chi connectivity index (χ4n) is 2.16. The summed E-state index contributed by atoms with van der Waals surface area (Å²) in [5.41, 5.74) is 0.947. The highest BCUT2D eigenvalue weighted by atomic mass is 16.6. The molecule has 0 unspecified atom stereocenters. The van der Waals surface area contributed by atoms with Gasteiger partial charge in [-0.2, -0.15) is 0 Å². The van der Waals surface area contributed by atoms with Crippen LogP contribution in [0, 0.1) is 0 Å². The molecule has 0 saturated carbocycles. The van der Waals surface area contributed by atoms with Crippen LogP contribution in [0.15, 0.2) is 30.3 Å². The van der Waals surface area contributed by atoms with Crippen LogP contribution in [-0.4, -0.2) is 48.5 Å². The molecule has 2 rings (SSSR count). The molecule has 1 amide bonds. The highest BCUT2D eigenvalue weighted by molar-refractivity contribution is 5.67. The van der Waals surface area contributed by atoms with Crippen LogP contribution >= 0.6 is 0 Å². The Balaban J connectivity index is 1.81. The third-order valence-corrected chi connectivity index (χ3v) is 3.29. The van der Waals surface area contributed by atoms with Gasteiger partial charge in [0, 0.05) is 13.7 Å². The number of ether oxygens (including phenoxy) is 2. The number of hydrogen-bond acceptors (Lipinski definition) is 4. The summed E-state index contributed by atoms with van der Waals surface area (Å²) in [6.07, 6.45) is -0.614. The summed E-state index contributed by atoms with van der Waals surface area (Å²) in [5.74, 6) is 0. The lowest BCUT2D eigenvalue weighted by Crippen LogP contribution is -2.49. The molecule has 5 nitrogen and oxygen atoms in total. The van der Waals surface area contributed by atoms with Crippen molar-refractivity contribution >= 4 is 6.09 Å². The Morgan fingerprint density at radius 2 is 2.16 bits per heavy atom. The summed E-state index contributed by atoms with van der Waals surface area (Å²) < 4.78 is 10.4. The fraction of sp³-hybridized carbons (Fsp3) is 0.500. The number of aliphatic hydroxyl groups is 1. The lowest BCUT2D eigenvalue weighted by atomic mass is 10.1. The maximum absolute atomic E-state index is 11.9. The van der Waals surface area contributed by atoms with Gasteiger partial charge in [-0.3, -0.25) is 0 Å². The van der Waals surface area contributed by atoms with Crippen molar-refractivity contribution in [2.24, 2.45) is 0 Å². The Labute approximate surface area is 112 Å². The van der Waals surface area contributed by atoms with Crippen molar-refractivity contribution in [2.45, 2.75) is 25.2 Å². The summed E-state index contributed by atoms with van der Waals surface area (Å²) in [5, 5.41) is 9.80. The molecule has 19 heavy (non-hydrogen) atoms. The molecule has 1 heterocycles. The lowest BCUT2D eigenvalue weighted by molar-refractivity contribution is -0.0577. The molecule has 2 atom stereocenters. The number of carbonyl (C=O) groups is 1. The first-order chi connectivity index (χ1) is 9.20. The number of benzene rings is 1. The average molecular weight is 265 g/mol. The molecular weight excluding hydrogens is 246 g/mol. The second-order valence-corrected chi connectivity index (χ2v) is 4.62. The molecule has 0 bridgehead atoms. The van der Waals surface area contributed by atoms with E-state index in [0.717, 1.165) is 5.56 Å². The van der Waals surface area contributed by atoms with Crippen LogP contribution in [0.2, 0.25) is 0 Å². The first-order valence-corrected chi connectivity index (χ1v) is 6.37. The summed E-state index contributed by atoms with van der Waals surface area (Å²) in [6.45, 7) is 1.05. The highest BCUT2D eigenvalue weighted by Gasteiger charge is 2.30. The number of hydrogen-bond donors (Lipinski definition) is 1. The molecule has 1 saturated heterocycles. The van der Waals surface area contributed by atoms with Gasteiger partial charge in [0.1, 0.15) is 6.61 Å². The van der Waals surface area contributed by atoms with Crippen LogP contribution < -0.4 is 0 Å². The molecule has 0 spiro atoms. The molecule has 1 aromatic rings. The molecule has 1 aromatic carbocycles. The van der Waals surface area contributed by atoms with Gasteiger partial charge in [-0.25, -0.2) is 4.79 Å². The van der Waals surface area contributed by atoms with Crippen LogP contribution in [0.3, 0.4) is 0 Å². The van der Waals surface area contributed by atoms with Crippen molar-refractivity contribution in [3.05, 3.63) is 35.9 Å². The monoisotopic (exact) mass is 265 g/mol. The van der Waals surface area contributed by atoms with Crippen molar-refractivity contribution in [2.75, 3.05) is 20.2 Å². The number of amides is 1. The van der Waals surface area contributed by atoms with Crippen LogP contribution in [-0.2, 0) is 16.1 Å². The van der Waals surface area contributed by atoms with E-state index in [2.05, 4.69) is 0 Å². The minimum absolute atomic E-state index is 0.196. The van der Waals surface area contributed by atoms with Gasteiger partial charge >= 0.3 is 6.09 Å². The molecule has 0 aromatic heterocycles. The van der Waals surface area contributed by atoms with Crippen LogP contribution in [0.1, 0.15) is 12.0 Å². The zero-order valence-corrected chi connectivity index (χ0v) is 11.0. The number of carbonyl (C=O) groups excluding carboxylic acids is 1. The Morgan fingerprint density at radius 1 is 1.42 bits per heavy atom. The zero-order valence-electron chi connectivity index (χ0n) is 11.0. The summed E-state index contributed by atoms with van der Waals surface area (Å²) in [7, 11) is 1.57. The Hall–Kier alpha value is -1.59. The first-order valence-electron chi connectivity index (χ1n) is 6.37. The first kappa shape index (κ1) is 13.8. The number of likely N-dealkylation sites (tertiary alicyclic amines) is 1. The maximum Gasteiger partial charge on any atom is 0.410 e. The van der Waals surface area contributed by atoms with Gasteiger partial charge < -0.3 is 19.5 Å². The van der Waals surface area contributed by atoms with Crippen molar-refractivity contribution in [3.8, 4) is 0 Å². The van der Waals surface area contributed by atoms with Gasteiger partial charge in [0.2, 0.25) is 0 Å².